The fourth-order valence-electron chi connectivity index (χ4n) is 4.21. The Morgan fingerprint density at radius 2 is 1.54 bits per heavy atom. The van der Waals surface area contributed by atoms with Crippen LogP contribution in [0.5, 0.6) is 0 Å². The van der Waals surface area contributed by atoms with Gasteiger partial charge in [0.05, 0.1) is 6.42 Å². The Bertz CT molecular complexity index is 1220. The first kappa shape index (κ1) is 23.8. The van der Waals surface area contributed by atoms with Crippen LogP contribution in [0.1, 0.15) is 36.0 Å². The van der Waals surface area contributed by atoms with Crippen molar-refractivity contribution >= 4 is 29.7 Å². The zero-order chi connectivity index (χ0) is 24.8. The largest absolute Gasteiger partial charge is 0.481 e. The summed E-state index contributed by atoms with van der Waals surface area (Å²) >= 11 is 0. The van der Waals surface area contributed by atoms with Gasteiger partial charge >= 0.3 is 12.1 Å². The maximum atomic E-state index is 12.4. The summed E-state index contributed by atoms with van der Waals surface area (Å²) in [5.41, 5.74) is 5.97. The standard InChI is InChI=1S/C28H26N2O5/c1-18(16-27(32)33)29-26(31)15-12-19-10-13-20(14-11-19)30-28(34)35-17-25-23-8-4-2-6-21(23)22-7-3-5-9-24(22)25/h2-15,18,25H,16-17H2,1H3,(H,29,31)(H,30,34)(H,32,33)/b15-12+. The van der Waals surface area contributed by atoms with Crippen molar-refractivity contribution in [2.24, 2.45) is 0 Å². The molecule has 0 saturated heterocycles. The summed E-state index contributed by atoms with van der Waals surface area (Å²) in [7, 11) is 0. The van der Waals surface area contributed by atoms with Crippen LogP contribution in [0, 0.1) is 0 Å². The Kier molecular flexibility index (Phi) is 7.26. The highest BCUT2D eigenvalue weighted by atomic mass is 16.5. The number of anilines is 1. The second kappa shape index (κ2) is 10.7. The molecule has 0 heterocycles. The van der Waals surface area contributed by atoms with E-state index in [0.29, 0.717) is 5.69 Å². The number of carboxylic acids is 1. The monoisotopic (exact) mass is 470 g/mol. The van der Waals surface area contributed by atoms with Crippen LogP contribution in [-0.2, 0) is 14.3 Å². The van der Waals surface area contributed by atoms with Crippen molar-refractivity contribution in [3.63, 3.8) is 0 Å². The van der Waals surface area contributed by atoms with Crippen molar-refractivity contribution in [2.45, 2.75) is 25.3 Å². The predicted molar refractivity (Wildman–Crippen MR) is 134 cm³/mol. The molecule has 3 N–H and O–H groups in total. The zero-order valence-corrected chi connectivity index (χ0v) is 19.2. The molecule has 0 fully saturated rings. The summed E-state index contributed by atoms with van der Waals surface area (Å²) in [5, 5.41) is 14.1. The summed E-state index contributed by atoms with van der Waals surface area (Å²) in [4.78, 5) is 35.0. The topological polar surface area (TPSA) is 105 Å². The van der Waals surface area contributed by atoms with Crippen LogP contribution in [0.25, 0.3) is 17.2 Å². The van der Waals surface area contributed by atoms with Crippen molar-refractivity contribution in [2.75, 3.05) is 11.9 Å². The lowest BCUT2D eigenvalue weighted by molar-refractivity contribution is -0.137. The summed E-state index contributed by atoms with van der Waals surface area (Å²) < 4.78 is 5.56. The maximum absolute atomic E-state index is 12.4. The minimum absolute atomic E-state index is 0.00923. The van der Waals surface area contributed by atoms with E-state index in [2.05, 4.69) is 34.9 Å². The second-order valence-electron chi connectivity index (χ2n) is 8.41. The predicted octanol–water partition coefficient (Wildman–Crippen LogP) is 5.04. The first-order chi connectivity index (χ1) is 16.9. The molecule has 3 aromatic rings. The van der Waals surface area contributed by atoms with Gasteiger partial charge in [-0.3, -0.25) is 14.9 Å². The molecule has 1 aliphatic rings. The molecule has 2 amide bonds. The Hall–Kier alpha value is -4.39. The van der Waals surface area contributed by atoms with Crippen molar-refractivity contribution in [1.29, 1.82) is 0 Å². The van der Waals surface area contributed by atoms with Crippen LogP contribution in [-0.4, -0.2) is 35.7 Å². The Morgan fingerprint density at radius 3 is 2.14 bits per heavy atom. The van der Waals surface area contributed by atoms with Gasteiger partial charge in [0.15, 0.2) is 0 Å². The molecular weight excluding hydrogens is 444 g/mol. The molecule has 3 aromatic carbocycles. The van der Waals surface area contributed by atoms with Crippen LogP contribution in [0.4, 0.5) is 10.5 Å². The van der Waals surface area contributed by atoms with Gasteiger partial charge < -0.3 is 15.2 Å². The molecule has 0 spiro atoms. The average Bonchev–Trinajstić information content (AvgIpc) is 3.15. The Balaban J connectivity index is 1.30. The molecule has 178 valence electrons. The van der Waals surface area contributed by atoms with Crippen LogP contribution >= 0.6 is 0 Å². The van der Waals surface area contributed by atoms with E-state index in [0.717, 1.165) is 16.7 Å². The van der Waals surface area contributed by atoms with Gasteiger partial charge in [0.1, 0.15) is 6.61 Å². The van der Waals surface area contributed by atoms with Gasteiger partial charge in [-0.2, -0.15) is 0 Å². The third-order valence-corrected chi connectivity index (χ3v) is 5.80. The number of benzene rings is 3. The quantitative estimate of drug-likeness (QED) is 0.400. The number of fused-ring (bicyclic) bond motifs is 3. The van der Waals surface area contributed by atoms with Crippen LogP contribution in [0.15, 0.2) is 78.9 Å². The van der Waals surface area contributed by atoms with Gasteiger partial charge in [-0.25, -0.2) is 4.79 Å². The number of aliphatic carboxylic acids is 1. The number of amides is 2. The normalized spacial score (nSPS) is 13.1. The molecule has 1 aliphatic carbocycles. The van der Waals surface area contributed by atoms with E-state index < -0.39 is 18.1 Å². The number of carboxylic acid groups (broad SMARTS) is 1. The number of carbonyl (C=O) groups excluding carboxylic acids is 2. The minimum Gasteiger partial charge on any atom is -0.481 e. The molecule has 7 heteroatoms. The van der Waals surface area contributed by atoms with E-state index in [9.17, 15) is 14.4 Å². The molecular formula is C28H26N2O5. The van der Waals surface area contributed by atoms with E-state index in [4.69, 9.17) is 9.84 Å². The van der Waals surface area contributed by atoms with Crippen LogP contribution in [0.3, 0.4) is 0 Å². The fraction of sp³-hybridized carbons (Fsp3) is 0.179. The van der Waals surface area contributed by atoms with Gasteiger partial charge in [0.2, 0.25) is 5.91 Å². The number of hydrogen-bond acceptors (Lipinski definition) is 4. The summed E-state index contributed by atoms with van der Waals surface area (Å²) in [6.07, 6.45) is 2.27. The highest BCUT2D eigenvalue weighted by Crippen LogP contribution is 2.44. The lowest BCUT2D eigenvalue weighted by Crippen LogP contribution is -2.32. The molecule has 0 saturated carbocycles. The lowest BCUT2D eigenvalue weighted by Gasteiger charge is -2.14. The second-order valence-corrected chi connectivity index (χ2v) is 8.41. The average molecular weight is 471 g/mol. The van der Waals surface area contributed by atoms with Crippen molar-refractivity contribution in [1.82, 2.24) is 5.32 Å². The molecule has 1 atom stereocenters. The molecule has 1 unspecified atom stereocenters. The Morgan fingerprint density at radius 1 is 0.943 bits per heavy atom. The van der Waals surface area contributed by atoms with Crippen LogP contribution < -0.4 is 10.6 Å². The number of rotatable bonds is 8. The van der Waals surface area contributed by atoms with Gasteiger partial charge in [-0.15, -0.1) is 0 Å². The molecule has 7 nitrogen and oxygen atoms in total. The summed E-state index contributed by atoms with van der Waals surface area (Å²) in [6, 6.07) is 22.8. The van der Waals surface area contributed by atoms with Crippen molar-refractivity contribution in [3.8, 4) is 11.1 Å². The number of carbonyl (C=O) groups is 3. The molecule has 4 rings (SSSR count). The zero-order valence-electron chi connectivity index (χ0n) is 19.2. The SMILES string of the molecule is CC(CC(=O)O)NC(=O)/C=C/c1ccc(NC(=O)OCC2c3ccccc3-c3ccccc32)cc1. The molecule has 35 heavy (non-hydrogen) atoms. The smallest absolute Gasteiger partial charge is 0.411 e. The molecule has 0 aliphatic heterocycles. The maximum Gasteiger partial charge on any atom is 0.411 e. The van der Waals surface area contributed by atoms with E-state index in [1.807, 2.05) is 24.3 Å². The Labute approximate surface area is 203 Å². The highest BCUT2D eigenvalue weighted by Gasteiger charge is 2.29. The lowest BCUT2D eigenvalue weighted by atomic mass is 9.98. The third kappa shape index (κ3) is 5.95. The van der Waals surface area contributed by atoms with Crippen molar-refractivity contribution < 1.29 is 24.2 Å². The van der Waals surface area contributed by atoms with E-state index in [-0.39, 0.29) is 24.9 Å². The highest BCUT2D eigenvalue weighted by molar-refractivity contribution is 5.92. The van der Waals surface area contributed by atoms with Gasteiger partial charge in [0, 0.05) is 23.7 Å². The van der Waals surface area contributed by atoms with E-state index in [1.54, 1.807) is 37.3 Å². The fourth-order valence-corrected chi connectivity index (χ4v) is 4.21. The number of nitrogens with one attached hydrogen (secondary N) is 2. The minimum atomic E-state index is -0.971. The number of ether oxygens (including phenoxy) is 1. The molecule has 0 aromatic heterocycles. The molecule has 0 bridgehead atoms. The van der Waals surface area contributed by atoms with Crippen molar-refractivity contribution in [3.05, 3.63) is 95.6 Å². The van der Waals surface area contributed by atoms with Gasteiger partial charge in [-0.1, -0.05) is 60.7 Å². The van der Waals surface area contributed by atoms with E-state index in [1.165, 1.54) is 17.2 Å². The summed E-state index contributed by atoms with van der Waals surface area (Å²) in [6.45, 7) is 1.86. The van der Waals surface area contributed by atoms with E-state index >= 15 is 0 Å². The first-order valence-corrected chi connectivity index (χ1v) is 11.3. The third-order valence-electron chi connectivity index (χ3n) is 5.80. The molecule has 0 radical (unpaired) electrons. The van der Waals surface area contributed by atoms with Gasteiger partial charge in [-0.05, 0) is 52.9 Å². The first-order valence-electron chi connectivity index (χ1n) is 11.3. The number of hydrogen-bond donors (Lipinski definition) is 3. The summed E-state index contributed by atoms with van der Waals surface area (Å²) in [5.74, 6) is -1.36. The van der Waals surface area contributed by atoms with Gasteiger partial charge in [0.25, 0.3) is 0 Å². The van der Waals surface area contributed by atoms with Crippen LogP contribution in [0.2, 0.25) is 0 Å².